The van der Waals surface area contributed by atoms with Gasteiger partial charge in [0.2, 0.25) is 0 Å². The molecule has 1 aliphatic heterocycles. The Kier molecular flexibility index (Phi) is 5.66. The number of carbonyl (C=O) groups is 1. The van der Waals surface area contributed by atoms with Gasteiger partial charge in [-0.3, -0.25) is 0 Å². The average Bonchev–Trinajstić information content (AvgIpc) is 3.22. The van der Waals surface area contributed by atoms with Crippen molar-refractivity contribution in [2.24, 2.45) is 11.8 Å². The maximum absolute atomic E-state index is 11.4. The molecule has 0 aromatic rings. The van der Waals surface area contributed by atoms with Crippen molar-refractivity contribution in [3.8, 4) is 0 Å². The van der Waals surface area contributed by atoms with Crippen LogP contribution in [-0.2, 0) is 4.74 Å². The van der Waals surface area contributed by atoms with Crippen molar-refractivity contribution in [1.82, 2.24) is 10.2 Å². The topological polar surface area (TPSA) is 61.8 Å². The van der Waals surface area contributed by atoms with E-state index in [0.717, 1.165) is 44.8 Å². The van der Waals surface area contributed by atoms with Crippen LogP contribution in [0.5, 0.6) is 0 Å². The highest BCUT2D eigenvalue weighted by molar-refractivity contribution is 5.67. The number of nitrogens with one attached hydrogen (secondary N) is 1. The first-order valence-corrected chi connectivity index (χ1v) is 7.85. The summed E-state index contributed by atoms with van der Waals surface area (Å²) in [5.74, 6) is 1.31. The van der Waals surface area contributed by atoms with Crippen molar-refractivity contribution in [3.63, 3.8) is 0 Å². The highest BCUT2D eigenvalue weighted by Gasteiger charge is 2.32. The Morgan fingerprint density at radius 3 is 2.75 bits per heavy atom. The number of likely N-dealkylation sites (tertiary alicyclic amines) is 1. The lowest BCUT2D eigenvalue weighted by molar-refractivity contribution is 0.0796. The molecule has 0 bridgehead atoms. The molecule has 20 heavy (non-hydrogen) atoms. The number of nitrogens with zero attached hydrogens (tertiary/aromatic N) is 1. The number of aliphatic hydroxyl groups excluding tert-OH is 1. The third-order valence-electron chi connectivity index (χ3n) is 4.41. The maximum atomic E-state index is 11.4. The van der Waals surface area contributed by atoms with Gasteiger partial charge in [-0.15, -0.1) is 0 Å². The Labute approximate surface area is 121 Å². The molecular weight excluding hydrogens is 256 g/mol. The summed E-state index contributed by atoms with van der Waals surface area (Å²) in [6.07, 6.45) is 4.68. The molecule has 0 spiro atoms. The molecule has 2 N–H and O–H groups in total. The van der Waals surface area contributed by atoms with Crippen LogP contribution in [0.1, 0.15) is 39.0 Å². The number of carbonyl (C=O) groups excluding carboxylic acids is 1. The van der Waals surface area contributed by atoms with Gasteiger partial charge in [-0.1, -0.05) is 6.92 Å². The van der Waals surface area contributed by atoms with E-state index >= 15 is 0 Å². The molecule has 1 heterocycles. The van der Waals surface area contributed by atoms with Gasteiger partial charge in [0.25, 0.3) is 0 Å². The van der Waals surface area contributed by atoms with Crippen LogP contribution in [0.4, 0.5) is 4.79 Å². The molecule has 0 radical (unpaired) electrons. The Morgan fingerprint density at radius 2 is 2.15 bits per heavy atom. The van der Waals surface area contributed by atoms with E-state index in [1.54, 1.807) is 0 Å². The minimum Gasteiger partial charge on any atom is -0.453 e. The van der Waals surface area contributed by atoms with Crippen LogP contribution in [0.2, 0.25) is 0 Å². The summed E-state index contributed by atoms with van der Waals surface area (Å²) in [7, 11) is 1.40. The standard InChI is InChI=1S/C15H28N2O3/c1-3-14(18)7-12-6-13(16-15(19)20-2)10-17(9-12)8-11-4-5-11/h11-14,18H,3-10H2,1-2H3,(H,16,19). The summed E-state index contributed by atoms with van der Waals surface area (Å²) in [5, 5.41) is 12.8. The Bertz CT molecular complexity index is 320. The zero-order valence-electron chi connectivity index (χ0n) is 12.7. The molecule has 1 aliphatic carbocycles. The molecule has 5 nitrogen and oxygen atoms in total. The first kappa shape index (κ1) is 15.6. The van der Waals surface area contributed by atoms with Crippen LogP contribution in [-0.4, -0.2) is 55.0 Å². The number of piperidine rings is 1. The molecule has 0 aromatic heterocycles. The second kappa shape index (κ2) is 7.27. The third-order valence-corrected chi connectivity index (χ3v) is 4.41. The van der Waals surface area contributed by atoms with E-state index in [1.807, 2.05) is 6.92 Å². The molecule has 1 amide bonds. The zero-order valence-corrected chi connectivity index (χ0v) is 12.7. The van der Waals surface area contributed by atoms with Crippen molar-refractivity contribution in [2.45, 2.75) is 51.2 Å². The van der Waals surface area contributed by atoms with E-state index in [4.69, 9.17) is 4.74 Å². The predicted molar refractivity (Wildman–Crippen MR) is 77.5 cm³/mol. The summed E-state index contributed by atoms with van der Waals surface area (Å²) in [6, 6.07) is 0.143. The number of rotatable bonds is 6. The predicted octanol–water partition coefficient (Wildman–Crippen LogP) is 1.60. The van der Waals surface area contributed by atoms with Crippen LogP contribution in [0.15, 0.2) is 0 Å². The van der Waals surface area contributed by atoms with Gasteiger partial charge in [-0.25, -0.2) is 4.79 Å². The zero-order chi connectivity index (χ0) is 14.5. The lowest BCUT2D eigenvalue weighted by atomic mass is 9.88. The van der Waals surface area contributed by atoms with E-state index < -0.39 is 0 Å². The van der Waals surface area contributed by atoms with Crippen molar-refractivity contribution < 1.29 is 14.6 Å². The largest absolute Gasteiger partial charge is 0.453 e. The molecule has 0 aromatic carbocycles. The Morgan fingerprint density at radius 1 is 1.40 bits per heavy atom. The van der Waals surface area contributed by atoms with E-state index in [2.05, 4.69) is 10.2 Å². The highest BCUT2D eigenvalue weighted by atomic mass is 16.5. The molecule has 1 saturated heterocycles. The van der Waals surface area contributed by atoms with Gasteiger partial charge in [0.05, 0.1) is 13.2 Å². The number of aliphatic hydroxyl groups is 1. The second-order valence-electron chi connectivity index (χ2n) is 6.39. The lowest BCUT2D eigenvalue weighted by Gasteiger charge is -2.38. The fourth-order valence-electron chi connectivity index (χ4n) is 3.17. The maximum Gasteiger partial charge on any atom is 0.407 e. The lowest BCUT2D eigenvalue weighted by Crippen LogP contribution is -2.51. The normalized spacial score (nSPS) is 28.9. The van der Waals surface area contributed by atoms with Gasteiger partial charge in [0, 0.05) is 25.7 Å². The fraction of sp³-hybridized carbons (Fsp3) is 0.933. The van der Waals surface area contributed by atoms with E-state index in [9.17, 15) is 9.90 Å². The number of ether oxygens (including phenoxy) is 1. The Hall–Kier alpha value is -0.810. The fourth-order valence-corrected chi connectivity index (χ4v) is 3.17. The summed E-state index contributed by atoms with van der Waals surface area (Å²) in [6.45, 7) is 5.11. The van der Waals surface area contributed by atoms with Crippen LogP contribution >= 0.6 is 0 Å². The van der Waals surface area contributed by atoms with Crippen molar-refractivity contribution in [1.29, 1.82) is 0 Å². The van der Waals surface area contributed by atoms with Gasteiger partial charge in [-0.2, -0.15) is 0 Å². The molecule has 2 fully saturated rings. The van der Waals surface area contributed by atoms with Crippen molar-refractivity contribution in [3.05, 3.63) is 0 Å². The second-order valence-corrected chi connectivity index (χ2v) is 6.39. The number of amides is 1. The quantitative estimate of drug-likeness (QED) is 0.778. The summed E-state index contributed by atoms with van der Waals surface area (Å²) >= 11 is 0. The molecule has 2 aliphatic rings. The SMILES string of the molecule is CCC(O)CC1CC(NC(=O)OC)CN(CC2CC2)C1. The summed E-state index contributed by atoms with van der Waals surface area (Å²) < 4.78 is 4.70. The van der Waals surface area contributed by atoms with Gasteiger partial charge in [0.1, 0.15) is 0 Å². The monoisotopic (exact) mass is 284 g/mol. The number of methoxy groups -OCH3 is 1. The van der Waals surface area contributed by atoms with Crippen molar-refractivity contribution in [2.75, 3.05) is 26.7 Å². The minimum atomic E-state index is -0.349. The number of hydrogen-bond donors (Lipinski definition) is 2. The van der Waals surface area contributed by atoms with Gasteiger partial charge < -0.3 is 20.1 Å². The van der Waals surface area contributed by atoms with Crippen LogP contribution < -0.4 is 5.32 Å². The summed E-state index contributed by atoms with van der Waals surface area (Å²) in [4.78, 5) is 13.9. The van der Waals surface area contributed by atoms with Gasteiger partial charge >= 0.3 is 6.09 Å². The first-order valence-electron chi connectivity index (χ1n) is 7.85. The van der Waals surface area contributed by atoms with Crippen LogP contribution in [0.25, 0.3) is 0 Å². The van der Waals surface area contributed by atoms with E-state index in [0.29, 0.717) is 5.92 Å². The number of alkyl carbamates (subject to hydrolysis) is 1. The van der Waals surface area contributed by atoms with Crippen molar-refractivity contribution >= 4 is 6.09 Å². The van der Waals surface area contributed by atoms with Crippen LogP contribution in [0.3, 0.4) is 0 Å². The minimum absolute atomic E-state index is 0.143. The Balaban J connectivity index is 1.88. The van der Waals surface area contributed by atoms with Gasteiger partial charge in [0.15, 0.2) is 0 Å². The molecule has 2 rings (SSSR count). The van der Waals surface area contributed by atoms with E-state index in [1.165, 1.54) is 20.0 Å². The van der Waals surface area contributed by atoms with Gasteiger partial charge in [-0.05, 0) is 43.9 Å². The number of hydrogen-bond acceptors (Lipinski definition) is 4. The third kappa shape index (κ3) is 4.94. The summed E-state index contributed by atoms with van der Waals surface area (Å²) in [5.41, 5.74) is 0. The molecule has 3 unspecified atom stereocenters. The molecule has 116 valence electrons. The van der Waals surface area contributed by atoms with E-state index in [-0.39, 0.29) is 18.2 Å². The highest BCUT2D eigenvalue weighted by Crippen LogP contribution is 2.32. The average molecular weight is 284 g/mol. The van der Waals surface area contributed by atoms with Crippen LogP contribution in [0, 0.1) is 11.8 Å². The molecule has 3 atom stereocenters. The molecule has 1 saturated carbocycles. The smallest absolute Gasteiger partial charge is 0.407 e. The first-order chi connectivity index (χ1) is 9.60. The molecular formula is C15H28N2O3. The molecule has 5 heteroatoms.